The van der Waals surface area contributed by atoms with Crippen molar-refractivity contribution in [1.82, 2.24) is 0 Å². The minimum atomic E-state index is 0.0810. The van der Waals surface area contributed by atoms with Gasteiger partial charge in [0.2, 0.25) is 0 Å². The van der Waals surface area contributed by atoms with E-state index in [4.69, 9.17) is 5.11 Å². The van der Waals surface area contributed by atoms with Crippen LogP contribution in [0.5, 0.6) is 0 Å². The molecule has 1 N–H and O–H groups in total. The lowest BCUT2D eigenvalue weighted by molar-refractivity contribution is -0.105. The van der Waals surface area contributed by atoms with Crippen molar-refractivity contribution in [2.45, 2.75) is 5.25 Å². The lowest BCUT2D eigenvalue weighted by Crippen LogP contribution is -2.15. The molecule has 2 unspecified atom stereocenters. The van der Waals surface area contributed by atoms with E-state index in [0.717, 1.165) is 16.8 Å². The fourth-order valence-electron chi connectivity index (χ4n) is 1.62. The van der Waals surface area contributed by atoms with Gasteiger partial charge < -0.3 is 5.11 Å². The van der Waals surface area contributed by atoms with E-state index in [9.17, 15) is 4.79 Å². The van der Waals surface area contributed by atoms with Crippen molar-refractivity contribution in [3.63, 3.8) is 0 Å². The molecule has 0 saturated carbocycles. The fraction of sp³-hybridized carbons (Fsp3) is 0.300. The topological polar surface area (TPSA) is 37.3 Å². The molecule has 2 aliphatic rings. The number of carbonyl (C=O) groups excluding carboxylic acids is 1. The van der Waals surface area contributed by atoms with Gasteiger partial charge in [0.25, 0.3) is 0 Å². The largest absolute Gasteiger partial charge is 0.391 e. The second kappa shape index (κ2) is 3.52. The maximum Gasteiger partial charge on any atom is 0.147 e. The maximum atomic E-state index is 10.7. The van der Waals surface area contributed by atoms with E-state index in [-0.39, 0.29) is 17.8 Å². The van der Waals surface area contributed by atoms with Crippen LogP contribution in [0.15, 0.2) is 34.8 Å². The highest BCUT2D eigenvalue weighted by atomic mass is 32.2. The third-order valence-corrected chi connectivity index (χ3v) is 3.66. The van der Waals surface area contributed by atoms with Gasteiger partial charge in [-0.3, -0.25) is 4.79 Å². The molecule has 3 heteroatoms. The number of rotatable bonds is 2. The molecule has 2 nitrogen and oxygen atoms in total. The number of carbonyl (C=O) groups is 1. The van der Waals surface area contributed by atoms with Gasteiger partial charge in [-0.05, 0) is 0 Å². The average Bonchev–Trinajstić information content (AvgIpc) is 2.59. The van der Waals surface area contributed by atoms with Crippen LogP contribution >= 0.6 is 11.8 Å². The van der Waals surface area contributed by atoms with Crippen LogP contribution in [0.2, 0.25) is 0 Å². The Balaban J connectivity index is 2.23. The van der Waals surface area contributed by atoms with E-state index < -0.39 is 0 Å². The number of fused-ring (bicyclic) bond motifs is 1. The van der Waals surface area contributed by atoms with Crippen molar-refractivity contribution >= 4 is 18.0 Å². The Kier molecular flexibility index (Phi) is 2.38. The third kappa shape index (κ3) is 1.49. The van der Waals surface area contributed by atoms with E-state index in [2.05, 4.69) is 6.08 Å². The van der Waals surface area contributed by atoms with Gasteiger partial charge >= 0.3 is 0 Å². The first-order chi connectivity index (χ1) is 6.35. The van der Waals surface area contributed by atoms with Crippen LogP contribution in [0.1, 0.15) is 0 Å². The van der Waals surface area contributed by atoms with Gasteiger partial charge in [0.15, 0.2) is 0 Å². The van der Waals surface area contributed by atoms with Gasteiger partial charge in [-0.1, -0.05) is 24.3 Å². The molecule has 1 aliphatic heterocycles. The summed E-state index contributed by atoms with van der Waals surface area (Å²) >= 11 is 1.59. The van der Waals surface area contributed by atoms with Gasteiger partial charge in [0.1, 0.15) is 6.29 Å². The zero-order valence-corrected chi connectivity index (χ0v) is 7.83. The number of thioether (sulfide) groups is 1. The summed E-state index contributed by atoms with van der Waals surface area (Å²) in [5.41, 5.74) is 0.817. The van der Waals surface area contributed by atoms with E-state index in [0.29, 0.717) is 0 Å². The molecule has 0 aromatic rings. The summed E-state index contributed by atoms with van der Waals surface area (Å²) in [5, 5.41) is 9.15. The Hall–Kier alpha value is -0.800. The molecule has 0 aromatic heterocycles. The second-order valence-electron chi connectivity index (χ2n) is 3.08. The first kappa shape index (κ1) is 8.78. The fourth-order valence-corrected chi connectivity index (χ4v) is 2.85. The van der Waals surface area contributed by atoms with Crippen LogP contribution in [0.3, 0.4) is 0 Å². The van der Waals surface area contributed by atoms with Gasteiger partial charge in [-0.15, -0.1) is 11.8 Å². The molecule has 0 saturated heterocycles. The first-order valence-corrected chi connectivity index (χ1v) is 5.05. The summed E-state index contributed by atoms with van der Waals surface area (Å²) in [6, 6.07) is 0. The minimum absolute atomic E-state index is 0.0810. The smallest absolute Gasteiger partial charge is 0.147 e. The van der Waals surface area contributed by atoms with Crippen molar-refractivity contribution in [3.05, 3.63) is 34.8 Å². The Morgan fingerprint density at radius 1 is 1.62 bits per heavy atom. The molecular formula is C10H10O2S. The highest BCUT2D eigenvalue weighted by molar-refractivity contribution is 8.04. The van der Waals surface area contributed by atoms with E-state index in [1.807, 2.05) is 18.2 Å². The highest BCUT2D eigenvalue weighted by Crippen LogP contribution is 2.41. The normalized spacial score (nSPS) is 30.8. The van der Waals surface area contributed by atoms with Crippen LogP contribution in [0, 0.1) is 5.92 Å². The predicted octanol–water partition coefficient (Wildman–Crippen LogP) is 1.29. The van der Waals surface area contributed by atoms with E-state index in [1.165, 1.54) is 0 Å². The molecule has 68 valence electrons. The zero-order valence-electron chi connectivity index (χ0n) is 7.01. The lowest BCUT2D eigenvalue weighted by atomic mass is 9.94. The third-order valence-electron chi connectivity index (χ3n) is 2.25. The molecular weight excluding hydrogens is 184 g/mol. The number of aliphatic hydroxyl groups is 1. The van der Waals surface area contributed by atoms with Gasteiger partial charge in [0, 0.05) is 21.6 Å². The first-order valence-electron chi connectivity index (χ1n) is 4.17. The molecule has 0 amide bonds. The van der Waals surface area contributed by atoms with E-state index in [1.54, 1.807) is 11.8 Å². The molecule has 1 heterocycles. The van der Waals surface area contributed by atoms with Gasteiger partial charge in [0.05, 0.1) is 6.61 Å². The molecule has 0 fully saturated rings. The molecule has 2 rings (SSSR count). The molecule has 0 bridgehead atoms. The van der Waals surface area contributed by atoms with Crippen molar-refractivity contribution in [2.24, 2.45) is 5.92 Å². The number of hydrogen-bond acceptors (Lipinski definition) is 3. The zero-order chi connectivity index (χ0) is 9.26. The summed E-state index contributed by atoms with van der Waals surface area (Å²) in [5.74, 6) is 0.289. The van der Waals surface area contributed by atoms with Crippen LogP contribution < -0.4 is 0 Å². The molecule has 0 radical (unpaired) electrons. The number of aldehydes is 1. The lowest BCUT2D eigenvalue weighted by Gasteiger charge is -2.17. The standard InChI is InChI=1S/C10H10O2S/c11-5-8-3-1-2-7-4-9(6-12)13-10(7)8/h1-5,7,10,12H,6H2. The van der Waals surface area contributed by atoms with Crippen molar-refractivity contribution < 1.29 is 9.90 Å². The summed E-state index contributed by atoms with van der Waals surface area (Å²) in [7, 11) is 0. The van der Waals surface area contributed by atoms with Crippen LogP contribution in [-0.4, -0.2) is 23.2 Å². The number of aliphatic hydroxyl groups excluding tert-OH is 1. The van der Waals surface area contributed by atoms with Gasteiger partial charge in [-0.2, -0.15) is 0 Å². The molecule has 0 spiro atoms. The summed E-state index contributed by atoms with van der Waals surface area (Å²) in [6.45, 7) is 0.0810. The SMILES string of the molecule is O=CC1=CC=CC2C=C(CO)SC12. The number of allylic oxidation sites excluding steroid dienone is 4. The quantitative estimate of drug-likeness (QED) is 0.673. The predicted molar refractivity (Wildman–Crippen MR) is 53.3 cm³/mol. The van der Waals surface area contributed by atoms with Crippen LogP contribution in [0.25, 0.3) is 0 Å². The van der Waals surface area contributed by atoms with Crippen molar-refractivity contribution in [1.29, 1.82) is 0 Å². The number of hydrogen-bond donors (Lipinski definition) is 1. The summed E-state index contributed by atoms with van der Waals surface area (Å²) in [4.78, 5) is 11.7. The van der Waals surface area contributed by atoms with Gasteiger partial charge in [-0.25, -0.2) is 0 Å². The Bertz CT molecular complexity index is 315. The molecule has 1 aliphatic carbocycles. The molecule has 13 heavy (non-hydrogen) atoms. The molecule has 2 atom stereocenters. The average molecular weight is 194 g/mol. The Labute approximate surface area is 81.0 Å². The minimum Gasteiger partial charge on any atom is -0.391 e. The summed E-state index contributed by atoms with van der Waals surface area (Å²) in [6.07, 6.45) is 8.75. The Morgan fingerprint density at radius 3 is 3.15 bits per heavy atom. The summed E-state index contributed by atoms with van der Waals surface area (Å²) < 4.78 is 0. The van der Waals surface area contributed by atoms with E-state index >= 15 is 0 Å². The monoisotopic (exact) mass is 194 g/mol. The van der Waals surface area contributed by atoms with Crippen molar-refractivity contribution in [2.75, 3.05) is 6.61 Å². The molecule has 0 aromatic carbocycles. The van der Waals surface area contributed by atoms with Crippen LogP contribution in [0.4, 0.5) is 0 Å². The maximum absolute atomic E-state index is 10.7. The van der Waals surface area contributed by atoms with Crippen LogP contribution in [-0.2, 0) is 4.79 Å². The highest BCUT2D eigenvalue weighted by Gasteiger charge is 2.30. The second-order valence-corrected chi connectivity index (χ2v) is 4.34. The van der Waals surface area contributed by atoms with Crippen molar-refractivity contribution in [3.8, 4) is 0 Å². The Morgan fingerprint density at radius 2 is 2.46 bits per heavy atom.